The van der Waals surface area contributed by atoms with Gasteiger partial charge in [-0.25, -0.2) is 0 Å². The Bertz CT molecular complexity index is 902. The SMILES string of the molecule is COc1cccc(NC(=S)N(Cc2ccccc2)Cc2cccc(Cl)c2)c1. The van der Waals surface area contributed by atoms with Crippen LogP contribution in [0.1, 0.15) is 11.1 Å². The van der Waals surface area contributed by atoms with Crippen LogP contribution >= 0.6 is 23.8 Å². The molecule has 0 atom stereocenters. The zero-order valence-corrected chi connectivity index (χ0v) is 16.6. The fourth-order valence-electron chi connectivity index (χ4n) is 2.76. The van der Waals surface area contributed by atoms with Gasteiger partial charge in [0.05, 0.1) is 7.11 Å². The molecule has 0 saturated heterocycles. The van der Waals surface area contributed by atoms with Crippen LogP contribution < -0.4 is 10.1 Å². The Morgan fingerprint density at radius 3 is 2.37 bits per heavy atom. The van der Waals surface area contributed by atoms with E-state index in [2.05, 4.69) is 28.4 Å². The largest absolute Gasteiger partial charge is 0.497 e. The summed E-state index contributed by atoms with van der Waals surface area (Å²) < 4.78 is 5.29. The van der Waals surface area contributed by atoms with Crippen molar-refractivity contribution in [2.75, 3.05) is 12.4 Å². The summed E-state index contributed by atoms with van der Waals surface area (Å²) in [5.74, 6) is 0.784. The van der Waals surface area contributed by atoms with E-state index in [0.29, 0.717) is 18.2 Å². The predicted octanol–water partition coefficient (Wildman–Crippen LogP) is 5.75. The quantitative estimate of drug-likeness (QED) is 0.536. The molecule has 3 nitrogen and oxygen atoms in total. The molecule has 0 radical (unpaired) electrons. The highest BCUT2D eigenvalue weighted by Crippen LogP contribution is 2.19. The second kappa shape index (κ2) is 9.40. The van der Waals surface area contributed by atoms with E-state index in [-0.39, 0.29) is 0 Å². The van der Waals surface area contributed by atoms with Crippen molar-refractivity contribution >= 4 is 34.6 Å². The lowest BCUT2D eigenvalue weighted by Gasteiger charge is -2.26. The maximum Gasteiger partial charge on any atom is 0.174 e. The molecule has 3 rings (SSSR count). The van der Waals surface area contributed by atoms with Crippen LogP contribution in [-0.2, 0) is 13.1 Å². The molecule has 138 valence electrons. The predicted molar refractivity (Wildman–Crippen MR) is 116 cm³/mol. The van der Waals surface area contributed by atoms with Crippen molar-refractivity contribution in [3.63, 3.8) is 0 Å². The maximum atomic E-state index is 6.15. The summed E-state index contributed by atoms with van der Waals surface area (Å²) in [6.07, 6.45) is 0. The van der Waals surface area contributed by atoms with E-state index >= 15 is 0 Å². The minimum atomic E-state index is 0.645. The third kappa shape index (κ3) is 5.71. The molecule has 0 aliphatic carbocycles. The number of hydrogen-bond acceptors (Lipinski definition) is 2. The fourth-order valence-corrected chi connectivity index (χ4v) is 3.22. The van der Waals surface area contributed by atoms with Gasteiger partial charge in [-0.2, -0.15) is 0 Å². The molecule has 3 aromatic carbocycles. The highest BCUT2D eigenvalue weighted by molar-refractivity contribution is 7.80. The first-order chi connectivity index (χ1) is 13.1. The summed E-state index contributed by atoms with van der Waals surface area (Å²) in [6.45, 7) is 1.36. The van der Waals surface area contributed by atoms with Gasteiger partial charge in [-0.1, -0.05) is 60.1 Å². The molecule has 5 heteroatoms. The Kier molecular flexibility index (Phi) is 6.69. The van der Waals surface area contributed by atoms with E-state index in [1.165, 1.54) is 5.56 Å². The minimum Gasteiger partial charge on any atom is -0.497 e. The van der Waals surface area contributed by atoms with Crippen LogP contribution in [0.5, 0.6) is 5.75 Å². The molecule has 27 heavy (non-hydrogen) atoms. The zero-order chi connectivity index (χ0) is 19.1. The number of methoxy groups -OCH3 is 1. The Hall–Kier alpha value is -2.56. The van der Waals surface area contributed by atoms with Gasteiger partial charge in [-0.3, -0.25) is 0 Å². The number of hydrogen-bond donors (Lipinski definition) is 1. The summed E-state index contributed by atoms with van der Waals surface area (Å²) in [5, 5.41) is 4.68. The Morgan fingerprint density at radius 2 is 1.63 bits per heavy atom. The van der Waals surface area contributed by atoms with Crippen LogP contribution in [0, 0.1) is 0 Å². The van der Waals surface area contributed by atoms with Gasteiger partial charge in [0.25, 0.3) is 0 Å². The normalized spacial score (nSPS) is 10.3. The summed E-state index contributed by atoms with van der Waals surface area (Å²) in [5.41, 5.74) is 3.19. The van der Waals surface area contributed by atoms with Gasteiger partial charge in [0.1, 0.15) is 5.75 Å². The number of nitrogens with zero attached hydrogens (tertiary/aromatic N) is 1. The van der Waals surface area contributed by atoms with Gasteiger partial charge in [0.2, 0.25) is 0 Å². The van der Waals surface area contributed by atoms with Gasteiger partial charge in [0.15, 0.2) is 5.11 Å². The Labute approximate surface area is 170 Å². The van der Waals surface area contributed by atoms with E-state index in [4.69, 9.17) is 28.6 Å². The highest BCUT2D eigenvalue weighted by atomic mass is 35.5. The van der Waals surface area contributed by atoms with Crippen molar-refractivity contribution in [2.45, 2.75) is 13.1 Å². The number of rotatable bonds is 6. The average molecular weight is 397 g/mol. The number of benzene rings is 3. The molecule has 1 N–H and O–H groups in total. The van der Waals surface area contributed by atoms with Gasteiger partial charge in [-0.15, -0.1) is 0 Å². The van der Waals surface area contributed by atoms with Crippen molar-refractivity contribution in [3.8, 4) is 5.75 Å². The molecular weight excluding hydrogens is 376 g/mol. The molecule has 0 aliphatic rings. The molecule has 0 unspecified atom stereocenters. The zero-order valence-electron chi connectivity index (χ0n) is 15.1. The lowest BCUT2D eigenvalue weighted by atomic mass is 10.2. The second-order valence-corrected chi connectivity index (χ2v) is 6.96. The first kappa shape index (κ1) is 19.2. The Morgan fingerprint density at radius 1 is 0.926 bits per heavy atom. The van der Waals surface area contributed by atoms with Gasteiger partial charge < -0.3 is 15.0 Å². The summed E-state index contributed by atoms with van der Waals surface area (Å²) >= 11 is 11.9. The average Bonchev–Trinajstić information content (AvgIpc) is 2.68. The molecule has 0 bridgehead atoms. The second-order valence-electron chi connectivity index (χ2n) is 6.13. The van der Waals surface area contributed by atoms with Crippen LogP contribution in [0.15, 0.2) is 78.9 Å². The first-order valence-corrected chi connectivity index (χ1v) is 9.41. The lowest BCUT2D eigenvalue weighted by Crippen LogP contribution is -2.33. The summed E-state index contributed by atoms with van der Waals surface area (Å²) in [4.78, 5) is 2.12. The molecule has 0 aliphatic heterocycles. The van der Waals surface area contributed by atoms with Crippen LogP contribution in [0.4, 0.5) is 5.69 Å². The number of halogens is 1. The first-order valence-electron chi connectivity index (χ1n) is 8.62. The van der Waals surface area contributed by atoms with E-state index < -0.39 is 0 Å². The monoisotopic (exact) mass is 396 g/mol. The van der Waals surface area contributed by atoms with E-state index in [1.54, 1.807) is 7.11 Å². The molecule has 0 saturated carbocycles. The highest BCUT2D eigenvalue weighted by Gasteiger charge is 2.12. The van der Waals surface area contributed by atoms with Crippen LogP contribution in [-0.4, -0.2) is 17.1 Å². The van der Waals surface area contributed by atoms with Crippen molar-refractivity contribution in [2.24, 2.45) is 0 Å². The summed E-state index contributed by atoms with van der Waals surface area (Å²) in [6, 6.07) is 25.8. The van der Waals surface area contributed by atoms with Crippen molar-refractivity contribution in [3.05, 3.63) is 95.0 Å². The summed E-state index contributed by atoms with van der Waals surface area (Å²) in [7, 11) is 1.65. The third-order valence-corrected chi connectivity index (χ3v) is 4.68. The van der Waals surface area contributed by atoms with Crippen LogP contribution in [0.25, 0.3) is 0 Å². The number of anilines is 1. The number of nitrogens with one attached hydrogen (secondary N) is 1. The van der Waals surface area contributed by atoms with Crippen LogP contribution in [0.3, 0.4) is 0 Å². The molecule has 0 aromatic heterocycles. The van der Waals surface area contributed by atoms with Gasteiger partial charge >= 0.3 is 0 Å². The number of ether oxygens (including phenoxy) is 1. The fraction of sp³-hybridized carbons (Fsp3) is 0.136. The maximum absolute atomic E-state index is 6.15. The topological polar surface area (TPSA) is 24.5 Å². The van der Waals surface area contributed by atoms with Crippen molar-refractivity contribution in [1.82, 2.24) is 4.90 Å². The third-order valence-electron chi connectivity index (χ3n) is 4.09. The standard InChI is InChI=1S/C22H21ClN2OS/c1-26-21-12-6-11-20(14-21)24-22(27)25(15-17-7-3-2-4-8-17)16-18-9-5-10-19(23)13-18/h2-14H,15-16H2,1H3,(H,24,27). The van der Waals surface area contributed by atoms with Crippen molar-refractivity contribution < 1.29 is 4.74 Å². The minimum absolute atomic E-state index is 0.645. The molecular formula is C22H21ClN2OS. The molecule has 3 aromatic rings. The van der Waals surface area contributed by atoms with Gasteiger partial charge in [0, 0.05) is 29.9 Å². The molecule has 0 fully saturated rings. The number of thiocarbonyl (C=S) groups is 1. The Balaban J connectivity index is 1.80. The van der Waals surface area contributed by atoms with Crippen molar-refractivity contribution in [1.29, 1.82) is 0 Å². The smallest absolute Gasteiger partial charge is 0.174 e. The molecule has 0 amide bonds. The van der Waals surface area contributed by atoms with E-state index in [9.17, 15) is 0 Å². The molecule has 0 heterocycles. The molecule has 0 spiro atoms. The van der Waals surface area contributed by atoms with Crippen LogP contribution in [0.2, 0.25) is 5.02 Å². The van der Waals surface area contributed by atoms with E-state index in [1.807, 2.05) is 60.7 Å². The van der Waals surface area contributed by atoms with Gasteiger partial charge in [-0.05, 0) is 47.6 Å². The lowest BCUT2D eigenvalue weighted by molar-refractivity contribution is 0.412. The van der Waals surface area contributed by atoms with E-state index in [0.717, 1.165) is 22.0 Å².